The third kappa shape index (κ3) is 5.36. The normalized spacial score (nSPS) is 13.9. The van der Waals surface area contributed by atoms with Crippen molar-refractivity contribution in [1.82, 2.24) is 10.3 Å². The molecule has 150 valence electrons. The van der Waals surface area contributed by atoms with Crippen LogP contribution in [0.2, 0.25) is 0 Å². The van der Waals surface area contributed by atoms with Crippen LogP contribution in [0, 0.1) is 0 Å². The first-order valence-corrected chi connectivity index (χ1v) is 9.45. The van der Waals surface area contributed by atoms with Crippen molar-refractivity contribution < 1.29 is 19.0 Å². The lowest BCUT2D eigenvalue weighted by atomic mass is 10.1. The number of nitrogens with one attached hydrogen (secondary N) is 1. The fourth-order valence-corrected chi connectivity index (χ4v) is 3.12. The molecule has 0 radical (unpaired) electrons. The zero-order valence-electron chi connectivity index (χ0n) is 16.4. The summed E-state index contributed by atoms with van der Waals surface area (Å²) in [7, 11) is 3.20. The van der Waals surface area contributed by atoms with Crippen LogP contribution in [-0.2, 0) is 22.5 Å². The maximum absolute atomic E-state index is 12.2. The molecule has 0 aliphatic carbocycles. The molecule has 3 rings (SSSR count). The number of nitrogens with zero attached hydrogens (tertiary/aromatic N) is 2. The average molecular weight is 385 g/mol. The Hall–Kier alpha value is -2.80. The van der Waals surface area contributed by atoms with E-state index < -0.39 is 0 Å². The van der Waals surface area contributed by atoms with Crippen LogP contribution in [0.5, 0.6) is 11.5 Å². The SMILES string of the molecule is COc1ccc(CNC(=O)CCc2ccnc(N3CCOCC3)c2)cc1OC. The van der Waals surface area contributed by atoms with Gasteiger partial charge in [-0.2, -0.15) is 0 Å². The van der Waals surface area contributed by atoms with Crippen molar-refractivity contribution in [3.8, 4) is 11.5 Å². The van der Waals surface area contributed by atoms with Crippen molar-refractivity contribution in [2.45, 2.75) is 19.4 Å². The van der Waals surface area contributed by atoms with Gasteiger partial charge in [-0.15, -0.1) is 0 Å². The van der Waals surface area contributed by atoms with E-state index in [2.05, 4.69) is 21.3 Å². The summed E-state index contributed by atoms with van der Waals surface area (Å²) >= 11 is 0. The number of carbonyl (C=O) groups excluding carboxylic acids is 1. The average Bonchev–Trinajstić information content (AvgIpc) is 2.76. The van der Waals surface area contributed by atoms with E-state index in [1.807, 2.05) is 30.5 Å². The highest BCUT2D eigenvalue weighted by molar-refractivity contribution is 5.76. The van der Waals surface area contributed by atoms with E-state index in [0.717, 1.165) is 43.2 Å². The van der Waals surface area contributed by atoms with Gasteiger partial charge in [0.2, 0.25) is 5.91 Å². The first-order chi connectivity index (χ1) is 13.7. The van der Waals surface area contributed by atoms with E-state index in [1.54, 1.807) is 14.2 Å². The number of aromatic nitrogens is 1. The van der Waals surface area contributed by atoms with Crippen molar-refractivity contribution in [2.24, 2.45) is 0 Å². The lowest BCUT2D eigenvalue weighted by molar-refractivity contribution is -0.121. The Balaban J connectivity index is 1.49. The van der Waals surface area contributed by atoms with Crippen LogP contribution in [0.25, 0.3) is 0 Å². The Labute approximate surface area is 165 Å². The maximum atomic E-state index is 12.2. The van der Waals surface area contributed by atoms with E-state index in [4.69, 9.17) is 14.2 Å². The first kappa shape index (κ1) is 19.9. The van der Waals surface area contributed by atoms with Gasteiger partial charge in [0.15, 0.2) is 11.5 Å². The number of amides is 1. The van der Waals surface area contributed by atoms with E-state index in [1.165, 1.54) is 0 Å². The molecule has 0 unspecified atom stereocenters. The highest BCUT2D eigenvalue weighted by atomic mass is 16.5. The molecule has 2 heterocycles. The van der Waals surface area contributed by atoms with Crippen molar-refractivity contribution in [3.05, 3.63) is 47.7 Å². The topological polar surface area (TPSA) is 72.9 Å². The molecule has 0 atom stereocenters. The van der Waals surface area contributed by atoms with Crippen LogP contribution in [0.15, 0.2) is 36.5 Å². The molecule has 0 spiro atoms. The highest BCUT2D eigenvalue weighted by Gasteiger charge is 2.13. The van der Waals surface area contributed by atoms with Gasteiger partial charge in [-0.25, -0.2) is 4.98 Å². The van der Waals surface area contributed by atoms with Gasteiger partial charge in [0.1, 0.15) is 5.82 Å². The number of ether oxygens (including phenoxy) is 3. The molecule has 1 aromatic heterocycles. The molecule has 1 aliphatic rings. The minimum absolute atomic E-state index is 0.0134. The van der Waals surface area contributed by atoms with Gasteiger partial charge in [-0.3, -0.25) is 4.79 Å². The van der Waals surface area contributed by atoms with Gasteiger partial charge >= 0.3 is 0 Å². The number of benzene rings is 1. The number of rotatable bonds is 8. The van der Waals surface area contributed by atoms with Crippen molar-refractivity contribution in [1.29, 1.82) is 0 Å². The number of anilines is 1. The molecule has 0 bridgehead atoms. The van der Waals surface area contributed by atoms with Gasteiger partial charge in [0.05, 0.1) is 27.4 Å². The Bertz CT molecular complexity index is 791. The summed E-state index contributed by atoms with van der Waals surface area (Å²) in [6.07, 6.45) is 2.92. The Morgan fingerprint density at radius 1 is 1.11 bits per heavy atom. The smallest absolute Gasteiger partial charge is 0.220 e. The number of methoxy groups -OCH3 is 2. The lowest BCUT2D eigenvalue weighted by Gasteiger charge is -2.28. The van der Waals surface area contributed by atoms with Gasteiger partial charge in [0, 0.05) is 32.3 Å². The summed E-state index contributed by atoms with van der Waals surface area (Å²) in [5.41, 5.74) is 2.07. The van der Waals surface area contributed by atoms with Gasteiger partial charge in [-0.05, 0) is 41.8 Å². The minimum atomic E-state index is 0.0134. The maximum Gasteiger partial charge on any atom is 0.220 e. The molecule has 7 heteroatoms. The Kier molecular flexibility index (Phi) is 7.08. The van der Waals surface area contributed by atoms with Crippen LogP contribution in [0.3, 0.4) is 0 Å². The summed E-state index contributed by atoms with van der Waals surface area (Å²) in [4.78, 5) is 18.9. The van der Waals surface area contributed by atoms with Crippen molar-refractivity contribution >= 4 is 11.7 Å². The van der Waals surface area contributed by atoms with Crippen LogP contribution >= 0.6 is 0 Å². The molecule has 1 aliphatic heterocycles. The lowest BCUT2D eigenvalue weighted by Crippen LogP contribution is -2.36. The van der Waals surface area contributed by atoms with Gasteiger partial charge in [-0.1, -0.05) is 6.07 Å². The molecule has 1 N–H and O–H groups in total. The molecule has 7 nitrogen and oxygen atoms in total. The molecular formula is C21H27N3O4. The second-order valence-electron chi connectivity index (χ2n) is 6.59. The zero-order valence-corrected chi connectivity index (χ0v) is 16.4. The predicted molar refractivity (Wildman–Crippen MR) is 107 cm³/mol. The quantitative estimate of drug-likeness (QED) is 0.751. The fraction of sp³-hybridized carbons (Fsp3) is 0.429. The van der Waals surface area contributed by atoms with E-state index in [9.17, 15) is 4.79 Å². The predicted octanol–water partition coefficient (Wildman–Crippen LogP) is 2.18. The molecule has 28 heavy (non-hydrogen) atoms. The van der Waals surface area contributed by atoms with Crippen LogP contribution in [0.1, 0.15) is 17.5 Å². The Morgan fingerprint density at radius 2 is 1.89 bits per heavy atom. The number of hydrogen-bond acceptors (Lipinski definition) is 6. The zero-order chi connectivity index (χ0) is 19.8. The Morgan fingerprint density at radius 3 is 2.64 bits per heavy atom. The second kappa shape index (κ2) is 9.94. The number of hydrogen-bond donors (Lipinski definition) is 1. The van der Waals surface area contributed by atoms with Crippen LogP contribution in [0.4, 0.5) is 5.82 Å². The van der Waals surface area contributed by atoms with Crippen molar-refractivity contribution in [2.75, 3.05) is 45.4 Å². The monoisotopic (exact) mass is 385 g/mol. The van der Waals surface area contributed by atoms with Crippen molar-refractivity contribution in [3.63, 3.8) is 0 Å². The first-order valence-electron chi connectivity index (χ1n) is 9.45. The fourth-order valence-electron chi connectivity index (χ4n) is 3.12. The summed E-state index contributed by atoms with van der Waals surface area (Å²) in [6, 6.07) is 9.65. The number of carbonyl (C=O) groups is 1. The molecule has 1 aromatic carbocycles. The molecule has 1 amide bonds. The third-order valence-corrected chi connectivity index (χ3v) is 4.72. The molecule has 1 saturated heterocycles. The van der Waals surface area contributed by atoms with Crippen LogP contribution in [-0.4, -0.2) is 51.4 Å². The van der Waals surface area contributed by atoms with Crippen LogP contribution < -0.4 is 19.7 Å². The molecule has 0 saturated carbocycles. The largest absolute Gasteiger partial charge is 0.493 e. The summed E-state index contributed by atoms with van der Waals surface area (Å²) in [6.45, 7) is 3.61. The van der Waals surface area contributed by atoms with E-state index >= 15 is 0 Å². The van der Waals surface area contributed by atoms with E-state index in [0.29, 0.717) is 30.9 Å². The molecule has 2 aromatic rings. The molecule has 1 fully saturated rings. The highest BCUT2D eigenvalue weighted by Crippen LogP contribution is 2.27. The minimum Gasteiger partial charge on any atom is -0.493 e. The van der Waals surface area contributed by atoms with Gasteiger partial charge < -0.3 is 24.4 Å². The number of pyridine rings is 1. The summed E-state index contributed by atoms with van der Waals surface area (Å²) < 4.78 is 15.9. The summed E-state index contributed by atoms with van der Waals surface area (Å²) in [5, 5.41) is 2.96. The standard InChI is InChI=1S/C21H27N3O4/c1-26-18-5-3-17(13-19(18)27-2)15-23-21(25)6-4-16-7-8-22-20(14-16)24-9-11-28-12-10-24/h3,5,7-8,13-14H,4,6,9-12,15H2,1-2H3,(H,23,25). The molecular weight excluding hydrogens is 358 g/mol. The van der Waals surface area contributed by atoms with Gasteiger partial charge in [0.25, 0.3) is 0 Å². The number of morpholine rings is 1. The van der Waals surface area contributed by atoms with E-state index in [-0.39, 0.29) is 5.91 Å². The number of aryl methyl sites for hydroxylation is 1. The third-order valence-electron chi connectivity index (χ3n) is 4.72. The summed E-state index contributed by atoms with van der Waals surface area (Å²) in [5.74, 6) is 2.29. The second-order valence-corrected chi connectivity index (χ2v) is 6.59.